The van der Waals surface area contributed by atoms with Crippen molar-refractivity contribution in [1.82, 2.24) is 5.32 Å². The maximum absolute atomic E-state index is 12.3. The van der Waals surface area contributed by atoms with Crippen LogP contribution >= 0.6 is 0 Å². The Morgan fingerprint density at radius 3 is 2.46 bits per heavy atom. The first-order valence-corrected chi connectivity index (χ1v) is 7.70. The van der Waals surface area contributed by atoms with Gasteiger partial charge in [-0.25, -0.2) is 4.79 Å². The van der Waals surface area contributed by atoms with Gasteiger partial charge in [0.1, 0.15) is 17.6 Å². The number of carbonyl (C=O) groups excluding carboxylic acids is 3. The summed E-state index contributed by atoms with van der Waals surface area (Å²) in [5.41, 5.74) is 0.249. The lowest BCUT2D eigenvalue weighted by Gasteiger charge is -2.27. The van der Waals surface area contributed by atoms with E-state index in [9.17, 15) is 24.3 Å². The van der Waals surface area contributed by atoms with E-state index in [1.54, 1.807) is 0 Å². The molecule has 0 spiro atoms. The number of nitrogens with one attached hydrogen (secondary N) is 1. The van der Waals surface area contributed by atoms with Crippen LogP contribution in [0.2, 0.25) is 0 Å². The van der Waals surface area contributed by atoms with E-state index >= 15 is 0 Å². The Hall–Kier alpha value is -2.70. The number of ether oxygens (including phenoxy) is 1. The van der Waals surface area contributed by atoms with Crippen LogP contribution in [0, 0.1) is 5.92 Å². The second-order valence-corrected chi connectivity index (χ2v) is 5.80. The third kappa shape index (κ3) is 4.65. The van der Waals surface area contributed by atoms with Gasteiger partial charge in [-0.15, -0.1) is 0 Å². The molecule has 0 aromatic heterocycles. The van der Waals surface area contributed by atoms with Crippen molar-refractivity contribution in [2.24, 2.45) is 5.92 Å². The van der Waals surface area contributed by atoms with Crippen molar-refractivity contribution < 1.29 is 29.0 Å². The fourth-order valence-electron chi connectivity index (χ4n) is 2.79. The molecule has 0 radical (unpaired) electrons. The first-order chi connectivity index (χ1) is 11.4. The molecule has 1 aromatic carbocycles. The third-order valence-electron chi connectivity index (χ3n) is 3.92. The third-order valence-corrected chi connectivity index (χ3v) is 3.92. The predicted molar refractivity (Wildman–Crippen MR) is 83.6 cm³/mol. The molecule has 24 heavy (non-hydrogen) atoms. The average Bonchev–Trinajstić information content (AvgIpc) is 2.52. The van der Waals surface area contributed by atoms with Crippen molar-refractivity contribution in [2.45, 2.75) is 38.6 Å². The molecule has 0 bridgehead atoms. The van der Waals surface area contributed by atoms with Crippen LogP contribution < -0.4 is 10.1 Å². The number of benzene rings is 1. The average molecular weight is 333 g/mol. The van der Waals surface area contributed by atoms with Gasteiger partial charge in [0.25, 0.3) is 5.91 Å². The molecule has 0 aliphatic heterocycles. The normalized spacial score (nSPS) is 18.5. The summed E-state index contributed by atoms with van der Waals surface area (Å²) in [6.45, 7) is 1.27. The molecule has 2 rings (SSSR count). The molecule has 1 aliphatic rings. The number of carbonyl (C=O) groups is 4. The number of rotatable bonds is 5. The van der Waals surface area contributed by atoms with Crippen molar-refractivity contribution >= 4 is 23.6 Å². The fraction of sp³-hybridized carbons (Fsp3) is 0.412. The quantitative estimate of drug-likeness (QED) is 0.625. The summed E-state index contributed by atoms with van der Waals surface area (Å²) < 4.78 is 4.87. The van der Waals surface area contributed by atoms with Gasteiger partial charge in [-0.1, -0.05) is 0 Å². The number of aliphatic carboxylic acids is 1. The van der Waals surface area contributed by atoms with E-state index in [1.165, 1.54) is 31.2 Å². The zero-order chi connectivity index (χ0) is 17.7. The number of hydrogen-bond acceptors (Lipinski definition) is 5. The Kier molecular flexibility index (Phi) is 5.68. The van der Waals surface area contributed by atoms with E-state index in [0.717, 1.165) is 0 Å². The first-order valence-electron chi connectivity index (χ1n) is 7.70. The Bertz CT molecular complexity index is 652. The van der Waals surface area contributed by atoms with E-state index in [4.69, 9.17) is 4.74 Å². The number of ketones is 1. The highest BCUT2D eigenvalue weighted by Crippen LogP contribution is 2.25. The maximum Gasteiger partial charge on any atom is 0.326 e. The van der Waals surface area contributed by atoms with Crippen LogP contribution in [0.3, 0.4) is 0 Å². The smallest absolute Gasteiger partial charge is 0.326 e. The molecule has 0 saturated heterocycles. The van der Waals surface area contributed by atoms with E-state index in [1.807, 2.05) is 0 Å². The standard InChI is InChI=1S/C17H19NO6/c1-10(19)24-14-7-5-11(6-8-14)16(21)18-15(17(22)23)12-3-2-4-13(20)9-12/h5-8,12,15H,2-4,9H2,1H3,(H,18,21)(H,22,23)/t12-,15+/m1/s1. The van der Waals surface area contributed by atoms with Gasteiger partial charge in [0.15, 0.2) is 0 Å². The Labute approximate surface area is 139 Å². The van der Waals surface area contributed by atoms with Crippen molar-refractivity contribution in [1.29, 1.82) is 0 Å². The largest absolute Gasteiger partial charge is 0.480 e. The van der Waals surface area contributed by atoms with Gasteiger partial charge in [-0.05, 0) is 43.0 Å². The molecular formula is C17H19NO6. The number of esters is 1. The van der Waals surface area contributed by atoms with Gasteiger partial charge in [-0.2, -0.15) is 0 Å². The van der Waals surface area contributed by atoms with Crippen molar-refractivity contribution in [3.8, 4) is 5.75 Å². The van der Waals surface area contributed by atoms with E-state index < -0.39 is 29.8 Å². The van der Waals surface area contributed by atoms with Crippen molar-refractivity contribution in [3.05, 3.63) is 29.8 Å². The lowest BCUT2D eigenvalue weighted by molar-refractivity contribution is -0.141. The first kappa shape index (κ1) is 17.7. The van der Waals surface area contributed by atoms with Gasteiger partial charge < -0.3 is 15.2 Å². The van der Waals surface area contributed by atoms with E-state index in [0.29, 0.717) is 25.0 Å². The molecule has 7 nitrogen and oxygen atoms in total. The summed E-state index contributed by atoms with van der Waals surface area (Å²) in [6, 6.07) is 4.69. The summed E-state index contributed by atoms with van der Waals surface area (Å²) in [6.07, 6.45) is 1.87. The zero-order valence-electron chi connectivity index (χ0n) is 13.3. The lowest BCUT2D eigenvalue weighted by Crippen LogP contribution is -2.47. The highest BCUT2D eigenvalue weighted by Gasteiger charge is 2.33. The summed E-state index contributed by atoms with van der Waals surface area (Å²) in [5, 5.41) is 11.9. The minimum Gasteiger partial charge on any atom is -0.480 e. The number of amides is 1. The van der Waals surface area contributed by atoms with E-state index in [-0.39, 0.29) is 17.8 Å². The number of hydrogen-bond donors (Lipinski definition) is 2. The Morgan fingerprint density at radius 2 is 1.92 bits per heavy atom. The molecule has 128 valence electrons. The molecular weight excluding hydrogens is 314 g/mol. The molecule has 1 aliphatic carbocycles. The van der Waals surface area contributed by atoms with Crippen molar-refractivity contribution in [3.63, 3.8) is 0 Å². The Balaban J connectivity index is 2.06. The Morgan fingerprint density at radius 1 is 1.25 bits per heavy atom. The predicted octanol–water partition coefficient (Wildman–Crippen LogP) is 1.55. The molecule has 2 N–H and O–H groups in total. The highest BCUT2D eigenvalue weighted by atomic mass is 16.5. The highest BCUT2D eigenvalue weighted by molar-refractivity contribution is 5.97. The summed E-state index contributed by atoms with van der Waals surface area (Å²) in [5.74, 6) is -2.24. The SMILES string of the molecule is CC(=O)Oc1ccc(C(=O)N[C@H](C(=O)O)[C@@H]2CCCC(=O)C2)cc1. The molecule has 0 unspecified atom stereocenters. The summed E-state index contributed by atoms with van der Waals surface area (Å²) in [7, 11) is 0. The van der Waals surface area contributed by atoms with Crippen LogP contribution in [0.4, 0.5) is 0 Å². The molecule has 1 aromatic rings. The van der Waals surface area contributed by atoms with Crippen molar-refractivity contribution in [2.75, 3.05) is 0 Å². The fourth-order valence-corrected chi connectivity index (χ4v) is 2.79. The van der Waals surface area contributed by atoms with Crippen LogP contribution in [0.25, 0.3) is 0 Å². The van der Waals surface area contributed by atoms with Gasteiger partial charge in [0.05, 0.1) is 0 Å². The van der Waals surface area contributed by atoms with Crippen LogP contribution in [0.5, 0.6) is 5.75 Å². The lowest BCUT2D eigenvalue weighted by atomic mass is 9.83. The van der Waals surface area contributed by atoms with Crippen LogP contribution in [0.15, 0.2) is 24.3 Å². The maximum atomic E-state index is 12.3. The summed E-state index contributed by atoms with van der Waals surface area (Å²) >= 11 is 0. The number of Topliss-reactive ketones (excluding diaryl/α,β-unsaturated/α-hetero) is 1. The van der Waals surface area contributed by atoms with Gasteiger partial charge in [0, 0.05) is 25.3 Å². The molecule has 1 saturated carbocycles. The number of carboxylic acids is 1. The van der Waals surface area contributed by atoms with Gasteiger partial charge >= 0.3 is 11.9 Å². The molecule has 1 fully saturated rings. The summed E-state index contributed by atoms with van der Waals surface area (Å²) in [4.78, 5) is 46.1. The number of carboxylic acid groups (broad SMARTS) is 1. The van der Waals surface area contributed by atoms with Crippen LogP contribution in [0.1, 0.15) is 43.0 Å². The second-order valence-electron chi connectivity index (χ2n) is 5.80. The van der Waals surface area contributed by atoms with Crippen LogP contribution in [-0.4, -0.2) is 34.8 Å². The minimum atomic E-state index is -1.15. The van der Waals surface area contributed by atoms with Gasteiger partial charge in [0.2, 0.25) is 0 Å². The zero-order valence-corrected chi connectivity index (χ0v) is 13.3. The minimum absolute atomic E-state index is 0.0254. The topological polar surface area (TPSA) is 110 Å². The molecule has 0 heterocycles. The molecule has 1 amide bonds. The van der Waals surface area contributed by atoms with E-state index in [2.05, 4.69) is 5.32 Å². The second kappa shape index (κ2) is 7.72. The van der Waals surface area contributed by atoms with Crippen LogP contribution in [-0.2, 0) is 14.4 Å². The monoisotopic (exact) mass is 333 g/mol. The molecule has 2 atom stereocenters. The molecule has 7 heteroatoms. The van der Waals surface area contributed by atoms with Gasteiger partial charge in [-0.3, -0.25) is 14.4 Å².